The Kier molecular flexibility index (Phi) is 7.60. The van der Waals surface area contributed by atoms with E-state index in [4.69, 9.17) is 0 Å². The summed E-state index contributed by atoms with van der Waals surface area (Å²) in [5.41, 5.74) is 5.67. The highest BCUT2D eigenvalue weighted by Gasteiger charge is 2.02. The van der Waals surface area contributed by atoms with E-state index in [1.165, 1.54) is 47.9 Å². The average molecular weight is 312 g/mol. The molecule has 1 aromatic carbocycles. The molecule has 1 aromatic rings. The van der Waals surface area contributed by atoms with Crippen LogP contribution in [0.1, 0.15) is 47.9 Å². The van der Waals surface area contributed by atoms with Gasteiger partial charge in [-0.2, -0.15) is 0 Å². The predicted molar refractivity (Wildman–Crippen MR) is 84.6 cm³/mol. The molecule has 0 aliphatic carbocycles. The molecule has 0 bridgehead atoms. The van der Waals surface area contributed by atoms with Crippen LogP contribution >= 0.6 is 15.9 Å². The van der Waals surface area contributed by atoms with Crippen LogP contribution in [0.2, 0.25) is 0 Å². The molecular formula is C16H26BrN. The molecule has 1 rings (SSSR count). The van der Waals surface area contributed by atoms with Crippen molar-refractivity contribution in [2.75, 3.05) is 11.9 Å². The first-order chi connectivity index (χ1) is 8.65. The lowest BCUT2D eigenvalue weighted by Crippen LogP contribution is -2.16. The summed E-state index contributed by atoms with van der Waals surface area (Å²) in [5, 5.41) is 4.71. The van der Waals surface area contributed by atoms with Gasteiger partial charge in [-0.15, -0.1) is 0 Å². The number of halogens is 1. The molecule has 0 aliphatic rings. The average Bonchev–Trinajstić information content (AvgIpc) is 2.30. The van der Waals surface area contributed by atoms with Crippen LogP contribution in [0.15, 0.2) is 12.1 Å². The van der Waals surface area contributed by atoms with Crippen LogP contribution in [0.25, 0.3) is 0 Å². The zero-order valence-corrected chi connectivity index (χ0v) is 13.6. The van der Waals surface area contributed by atoms with Gasteiger partial charge in [0.15, 0.2) is 0 Å². The van der Waals surface area contributed by atoms with Crippen molar-refractivity contribution in [3.8, 4) is 0 Å². The van der Waals surface area contributed by atoms with Gasteiger partial charge >= 0.3 is 0 Å². The molecule has 102 valence electrons. The molecule has 0 amide bonds. The summed E-state index contributed by atoms with van der Waals surface area (Å²) in [4.78, 5) is 0. The van der Waals surface area contributed by atoms with E-state index in [2.05, 4.69) is 54.2 Å². The fraction of sp³-hybridized carbons (Fsp3) is 0.625. The first kappa shape index (κ1) is 15.7. The van der Waals surface area contributed by atoms with Crippen molar-refractivity contribution in [2.45, 2.75) is 53.0 Å². The normalized spacial score (nSPS) is 10.9. The van der Waals surface area contributed by atoms with Crippen LogP contribution < -0.4 is 5.32 Å². The minimum Gasteiger partial charge on any atom is -0.313 e. The Hall–Kier alpha value is -0.340. The first-order valence-electron chi connectivity index (χ1n) is 6.98. The van der Waals surface area contributed by atoms with Gasteiger partial charge in [-0.05, 0) is 56.8 Å². The quantitative estimate of drug-likeness (QED) is 0.544. The molecule has 1 N–H and O–H groups in total. The molecular weight excluding hydrogens is 286 g/mol. The van der Waals surface area contributed by atoms with Crippen molar-refractivity contribution in [2.24, 2.45) is 0 Å². The summed E-state index contributed by atoms with van der Waals surface area (Å²) in [5.74, 6) is 0. The third-order valence-corrected chi connectivity index (χ3v) is 3.94. The molecule has 0 unspecified atom stereocenters. The third-order valence-electron chi connectivity index (χ3n) is 3.38. The van der Waals surface area contributed by atoms with E-state index in [1.54, 1.807) is 0 Å². The van der Waals surface area contributed by atoms with Crippen molar-refractivity contribution >= 4 is 15.9 Å². The van der Waals surface area contributed by atoms with Crippen LogP contribution in [-0.2, 0) is 6.54 Å². The molecule has 0 aromatic heterocycles. The highest BCUT2D eigenvalue weighted by Crippen LogP contribution is 2.16. The van der Waals surface area contributed by atoms with Crippen LogP contribution in [-0.4, -0.2) is 11.9 Å². The number of hydrogen-bond acceptors (Lipinski definition) is 1. The molecule has 0 spiro atoms. The number of aryl methyl sites for hydroxylation is 3. The van der Waals surface area contributed by atoms with Crippen LogP contribution in [0.4, 0.5) is 0 Å². The second kappa shape index (κ2) is 8.71. The van der Waals surface area contributed by atoms with Gasteiger partial charge in [-0.3, -0.25) is 0 Å². The van der Waals surface area contributed by atoms with Crippen LogP contribution in [0, 0.1) is 20.8 Å². The van der Waals surface area contributed by atoms with Gasteiger partial charge in [0.2, 0.25) is 0 Å². The summed E-state index contributed by atoms with van der Waals surface area (Å²) in [6.45, 7) is 8.74. The Morgan fingerprint density at radius 3 is 2.17 bits per heavy atom. The van der Waals surface area contributed by atoms with Crippen molar-refractivity contribution in [1.82, 2.24) is 5.32 Å². The van der Waals surface area contributed by atoms with Crippen molar-refractivity contribution in [3.05, 3.63) is 34.4 Å². The minimum absolute atomic E-state index is 1.01. The number of benzene rings is 1. The molecule has 0 saturated heterocycles. The maximum Gasteiger partial charge on any atom is 0.0210 e. The highest BCUT2D eigenvalue weighted by molar-refractivity contribution is 9.09. The van der Waals surface area contributed by atoms with Crippen LogP contribution in [0.5, 0.6) is 0 Å². The lowest BCUT2D eigenvalue weighted by Gasteiger charge is -2.12. The summed E-state index contributed by atoms with van der Waals surface area (Å²) in [6, 6.07) is 4.56. The molecule has 0 aliphatic heterocycles. The molecule has 0 heterocycles. The summed E-state index contributed by atoms with van der Waals surface area (Å²) < 4.78 is 0. The summed E-state index contributed by atoms with van der Waals surface area (Å²) >= 11 is 3.47. The number of alkyl halides is 1. The van der Waals surface area contributed by atoms with Gasteiger partial charge in [0.25, 0.3) is 0 Å². The SMILES string of the molecule is Cc1cc(C)c(CNCCCCCCBr)c(C)c1. The Morgan fingerprint density at radius 2 is 1.56 bits per heavy atom. The number of unbranched alkanes of at least 4 members (excludes halogenated alkanes) is 3. The highest BCUT2D eigenvalue weighted by atomic mass is 79.9. The molecule has 0 atom stereocenters. The Labute approximate surface area is 120 Å². The molecule has 0 fully saturated rings. The second-order valence-corrected chi connectivity index (χ2v) is 5.95. The number of nitrogens with one attached hydrogen (secondary N) is 1. The predicted octanol–water partition coefficient (Wildman–Crippen LogP) is 4.66. The molecule has 1 nitrogen and oxygen atoms in total. The van der Waals surface area contributed by atoms with Crippen LogP contribution in [0.3, 0.4) is 0 Å². The smallest absolute Gasteiger partial charge is 0.0210 e. The van der Waals surface area contributed by atoms with E-state index >= 15 is 0 Å². The maximum absolute atomic E-state index is 3.57. The summed E-state index contributed by atoms with van der Waals surface area (Å²) in [6.07, 6.45) is 5.27. The third kappa shape index (κ3) is 5.53. The summed E-state index contributed by atoms with van der Waals surface area (Å²) in [7, 11) is 0. The van der Waals surface area contributed by atoms with Gasteiger partial charge in [0.05, 0.1) is 0 Å². The fourth-order valence-corrected chi connectivity index (χ4v) is 2.80. The lowest BCUT2D eigenvalue weighted by atomic mass is 10.00. The van der Waals surface area contributed by atoms with Crippen molar-refractivity contribution in [3.63, 3.8) is 0 Å². The topological polar surface area (TPSA) is 12.0 Å². The second-order valence-electron chi connectivity index (χ2n) is 5.16. The number of rotatable bonds is 8. The first-order valence-corrected chi connectivity index (χ1v) is 8.10. The maximum atomic E-state index is 3.57. The number of hydrogen-bond donors (Lipinski definition) is 1. The van der Waals surface area contributed by atoms with E-state index in [0.717, 1.165) is 18.4 Å². The van der Waals surface area contributed by atoms with Gasteiger partial charge in [-0.25, -0.2) is 0 Å². The Balaban J connectivity index is 2.27. The largest absolute Gasteiger partial charge is 0.313 e. The van der Waals surface area contributed by atoms with E-state index in [9.17, 15) is 0 Å². The minimum atomic E-state index is 1.01. The standard InChI is InChI=1S/C16H26BrN/c1-13-10-14(2)16(15(3)11-13)12-18-9-7-5-4-6-8-17/h10-11,18H,4-9,12H2,1-3H3. The van der Waals surface area contributed by atoms with Crippen molar-refractivity contribution in [1.29, 1.82) is 0 Å². The molecule has 0 radical (unpaired) electrons. The van der Waals surface area contributed by atoms with Gasteiger partial charge in [0.1, 0.15) is 0 Å². The zero-order chi connectivity index (χ0) is 13.4. The fourth-order valence-electron chi connectivity index (χ4n) is 2.40. The van der Waals surface area contributed by atoms with E-state index in [0.29, 0.717) is 0 Å². The monoisotopic (exact) mass is 311 g/mol. The lowest BCUT2D eigenvalue weighted by molar-refractivity contribution is 0.598. The zero-order valence-electron chi connectivity index (χ0n) is 12.0. The molecule has 18 heavy (non-hydrogen) atoms. The van der Waals surface area contributed by atoms with Gasteiger partial charge in [0, 0.05) is 11.9 Å². The Bertz CT molecular complexity index is 337. The Morgan fingerprint density at radius 1 is 0.944 bits per heavy atom. The van der Waals surface area contributed by atoms with Gasteiger partial charge in [-0.1, -0.05) is 46.5 Å². The molecule has 2 heteroatoms. The van der Waals surface area contributed by atoms with E-state index in [-0.39, 0.29) is 0 Å². The molecule has 0 saturated carbocycles. The van der Waals surface area contributed by atoms with E-state index in [1.807, 2.05) is 0 Å². The van der Waals surface area contributed by atoms with E-state index < -0.39 is 0 Å². The van der Waals surface area contributed by atoms with Crippen molar-refractivity contribution < 1.29 is 0 Å². The van der Waals surface area contributed by atoms with Gasteiger partial charge < -0.3 is 5.32 Å².